The number of nitrogens with one attached hydrogen (secondary N) is 2. The first-order valence-corrected chi connectivity index (χ1v) is 9.79. The molecule has 2 heterocycles. The molecule has 1 aromatic rings. The minimum atomic E-state index is -0.157. The normalized spacial score (nSPS) is 17.4. The van der Waals surface area contributed by atoms with Crippen molar-refractivity contribution in [1.29, 1.82) is 0 Å². The number of amides is 2. The maximum Gasteiger partial charge on any atom is 0.273 e. The molecule has 0 aliphatic carbocycles. The van der Waals surface area contributed by atoms with Crippen LogP contribution in [0.5, 0.6) is 0 Å². The average molecular weight is 369 g/mol. The molecule has 1 aromatic heterocycles. The van der Waals surface area contributed by atoms with Gasteiger partial charge in [-0.25, -0.2) is 4.98 Å². The molecule has 0 radical (unpaired) electrons. The highest BCUT2D eigenvalue weighted by molar-refractivity contribution is 7.13. The fourth-order valence-corrected chi connectivity index (χ4v) is 3.50. The van der Waals surface area contributed by atoms with Gasteiger partial charge in [-0.3, -0.25) is 9.59 Å². The topological polar surface area (TPSA) is 83.6 Å². The van der Waals surface area contributed by atoms with Crippen molar-refractivity contribution >= 4 is 28.3 Å². The highest BCUT2D eigenvalue weighted by atomic mass is 32.1. The highest BCUT2D eigenvalue weighted by Gasteiger charge is 2.29. The number of unbranched alkanes of at least 4 members (excludes halogenated alkanes) is 1. The molecule has 1 aliphatic heterocycles. The van der Waals surface area contributed by atoms with E-state index in [2.05, 4.69) is 22.5 Å². The maximum atomic E-state index is 12.7. The number of methoxy groups -OCH3 is 1. The third-order valence-electron chi connectivity index (χ3n) is 4.21. The van der Waals surface area contributed by atoms with Gasteiger partial charge >= 0.3 is 0 Å². The van der Waals surface area contributed by atoms with E-state index in [9.17, 15) is 9.59 Å². The SMILES string of the molecule is CCCCNc1nc(C(=O)N2CCCC(C(=O)NCCOC)C2)cs1. The first-order chi connectivity index (χ1) is 12.2. The number of rotatable bonds is 9. The summed E-state index contributed by atoms with van der Waals surface area (Å²) in [5.41, 5.74) is 0.462. The zero-order chi connectivity index (χ0) is 18.1. The number of carbonyl (C=O) groups is 2. The molecule has 7 nitrogen and oxygen atoms in total. The van der Waals surface area contributed by atoms with Crippen LogP contribution < -0.4 is 10.6 Å². The first kappa shape index (κ1) is 19.7. The number of piperidine rings is 1. The molecule has 1 unspecified atom stereocenters. The number of carbonyl (C=O) groups excluding carboxylic acids is 2. The van der Waals surface area contributed by atoms with Gasteiger partial charge in [0.1, 0.15) is 5.69 Å². The van der Waals surface area contributed by atoms with Crippen molar-refractivity contribution in [3.05, 3.63) is 11.1 Å². The van der Waals surface area contributed by atoms with Gasteiger partial charge in [0.25, 0.3) is 5.91 Å². The Bertz CT molecular complexity index is 564. The number of ether oxygens (including phenoxy) is 1. The molecule has 1 fully saturated rings. The minimum absolute atomic E-state index is 0.00486. The summed E-state index contributed by atoms with van der Waals surface area (Å²) in [5.74, 6) is -0.251. The van der Waals surface area contributed by atoms with Crippen LogP contribution in [0, 0.1) is 5.92 Å². The summed E-state index contributed by atoms with van der Waals surface area (Å²) in [6, 6.07) is 0. The predicted molar refractivity (Wildman–Crippen MR) is 99.0 cm³/mol. The van der Waals surface area contributed by atoms with Gasteiger partial charge in [-0.15, -0.1) is 11.3 Å². The van der Waals surface area contributed by atoms with Gasteiger partial charge in [0, 0.05) is 38.7 Å². The highest BCUT2D eigenvalue weighted by Crippen LogP contribution is 2.21. The van der Waals surface area contributed by atoms with Crippen LogP contribution in [0.15, 0.2) is 5.38 Å². The van der Waals surface area contributed by atoms with Gasteiger partial charge in [0.05, 0.1) is 12.5 Å². The van der Waals surface area contributed by atoms with E-state index in [1.807, 2.05) is 0 Å². The quantitative estimate of drug-likeness (QED) is 0.651. The summed E-state index contributed by atoms with van der Waals surface area (Å²) < 4.78 is 4.94. The van der Waals surface area contributed by atoms with Crippen LogP contribution in [-0.4, -0.2) is 61.6 Å². The molecule has 0 bridgehead atoms. The van der Waals surface area contributed by atoms with Gasteiger partial charge in [0.2, 0.25) is 5.91 Å². The summed E-state index contributed by atoms with van der Waals surface area (Å²) in [6.45, 7) is 5.12. The molecule has 25 heavy (non-hydrogen) atoms. The van der Waals surface area contributed by atoms with Crippen molar-refractivity contribution in [2.75, 3.05) is 45.2 Å². The van der Waals surface area contributed by atoms with Crippen LogP contribution in [0.2, 0.25) is 0 Å². The molecule has 1 atom stereocenters. The van der Waals surface area contributed by atoms with Crippen molar-refractivity contribution in [3.63, 3.8) is 0 Å². The third kappa shape index (κ3) is 5.97. The standard InChI is InChI=1S/C17H28N4O3S/c1-3-4-7-19-17-20-14(12-25-17)16(23)21-9-5-6-13(11-21)15(22)18-8-10-24-2/h12-13H,3-11H2,1-2H3,(H,18,22)(H,19,20). The van der Waals surface area contributed by atoms with Crippen LogP contribution in [0.1, 0.15) is 43.1 Å². The summed E-state index contributed by atoms with van der Waals surface area (Å²) in [7, 11) is 1.60. The Morgan fingerprint density at radius 2 is 2.28 bits per heavy atom. The molecule has 140 valence electrons. The van der Waals surface area contributed by atoms with E-state index >= 15 is 0 Å². The zero-order valence-corrected chi connectivity index (χ0v) is 15.9. The van der Waals surface area contributed by atoms with Gasteiger partial charge in [-0.05, 0) is 19.3 Å². The van der Waals surface area contributed by atoms with Crippen LogP contribution in [0.3, 0.4) is 0 Å². The fourth-order valence-electron chi connectivity index (χ4n) is 2.78. The molecular weight excluding hydrogens is 340 g/mol. The van der Waals surface area contributed by atoms with E-state index in [-0.39, 0.29) is 17.7 Å². The van der Waals surface area contributed by atoms with Crippen LogP contribution in [0.25, 0.3) is 0 Å². The lowest BCUT2D eigenvalue weighted by Crippen LogP contribution is -2.46. The number of anilines is 1. The second-order valence-electron chi connectivity index (χ2n) is 6.19. The minimum Gasteiger partial charge on any atom is -0.383 e. The van der Waals surface area contributed by atoms with Gasteiger partial charge in [0.15, 0.2) is 5.13 Å². The molecule has 2 amide bonds. The lowest BCUT2D eigenvalue weighted by molar-refractivity contribution is -0.126. The second-order valence-corrected chi connectivity index (χ2v) is 7.05. The molecule has 0 aromatic carbocycles. The summed E-state index contributed by atoms with van der Waals surface area (Å²) >= 11 is 1.45. The third-order valence-corrected chi connectivity index (χ3v) is 5.01. The molecule has 0 spiro atoms. The Labute approximate surface area is 153 Å². The van der Waals surface area contributed by atoms with Gasteiger partial charge < -0.3 is 20.3 Å². The molecular formula is C17H28N4O3S. The monoisotopic (exact) mass is 368 g/mol. The van der Waals surface area contributed by atoms with E-state index in [1.54, 1.807) is 17.4 Å². The van der Waals surface area contributed by atoms with E-state index in [1.165, 1.54) is 11.3 Å². The van der Waals surface area contributed by atoms with E-state index in [0.29, 0.717) is 31.9 Å². The molecule has 2 N–H and O–H groups in total. The van der Waals surface area contributed by atoms with Crippen LogP contribution >= 0.6 is 11.3 Å². The van der Waals surface area contributed by atoms with E-state index in [0.717, 1.165) is 37.4 Å². The average Bonchev–Trinajstić information content (AvgIpc) is 3.10. The number of hydrogen-bond donors (Lipinski definition) is 2. The Balaban J connectivity index is 1.87. The summed E-state index contributed by atoms with van der Waals surface area (Å²) in [5, 5.41) is 8.67. The Hall–Kier alpha value is -1.67. The molecule has 8 heteroatoms. The first-order valence-electron chi connectivity index (χ1n) is 8.91. The molecule has 1 saturated heterocycles. The molecule has 2 rings (SSSR count). The lowest BCUT2D eigenvalue weighted by Gasteiger charge is -2.31. The fraction of sp³-hybridized carbons (Fsp3) is 0.706. The number of likely N-dealkylation sites (tertiary alicyclic amines) is 1. The zero-order valence-electron chi connectivity index (χ0n) is 15.0. The van der Waals surface area contributed by atoms with Crippen molar-refractivity contribution in [2.24, 2.45) is 5.92 Å². The van der Waals surface area contributed by atoms with Gasteiger partial charge in [-0.2, -0.15) is 0 Å². The van der Waals surface area contributed by atoms with Crippen molar-refractivity contribution in [1.82, 2.24) is 15.2 Å². The number of aromatic nitrogens is 1. The van der Waals surface area contributed by atoms with Crippen LogP contribution in [-0.2, 0) is 9.53 Å². The number of nitrogens with zero attached hydrogens (tertiary/aromatic N) is 2. The second kappa shape index (κ2) is 10.4. The number of thiazole rings is 1. The van der Waals surface area contributed by atoms with Gasteiger partial charge in [-0.1, -0.05) is 13.3 Å². The smallest absolute Gasteiger partial charge is 0.273 e. The van der Waals surface area contributed by atoms with Crippen molar-refractivity contribution in [3.8, 4) is 0 Å². The molecule has 1 aliphatic rings. The van der Waals surface area contributed by atoms with E-state index < -0.39 is 0 Å². The predicted octanol–water partition coefficient (Wildman–Crippen LogP) is 1.97. The Kier molecular flexibility index (Phi) is 8.14. The summed E-state index contributed by atoms with van der Waals surface area (Å²) in [4.78, 5) is 31.0. The van der Waals surface area contributed by atoms with Crippen LogP contribution in [0.4, 0.5) is 5.13 Å². The van der Waals surface area contributed by atoms with E-state index in [4.69, 9.17) is 4.74 Å². The number of hydrogen-bond acceptors (Lipinski definition) is 6. The molecule has 0 saturated carbocycles. The Morgan fingerprint density at radius 3 is 3.04 bits per heavy atom. The summed E-state index contributed by atoms with van der Waals surface area (Å²) in [6.07, 6.45) is 3.84. The Morgan fingerprint density at radius 1 is 1.44 bits per heavy atom. The maximum absolute atomic E-state index is 12.7. The lowest BCUT2D eigenvalue weighted by atomic mass is 9.97. The van der Waals surface area contributed by atoms with Crippen molar-refractivity contribution in [2.45, 2.75) is 32.6 Å². The van der Waals surface area contributed by atoms with Crippen molar-refractivity contribution < 1.29 is 14.3 Å². The largest absolute Gasteiger partial charge is 0.383 e.